The molecule has 0 bridgehead atoms. The quantitative estimate of drug-likeness (QED) is 0.192. The number of hydrogen-bond donors (Lipinski definition) is 0. The number of esters is 1. The number of methoxy groups -OCH3 is 1. The molecule has 2 aliphatic rings. The van der Waals surface area contributed by atoms with Gasteiger partial charge in [-0.05, 0) is 68.5 Å². The van der Waals surface area contributed by atoms with Crippen LogP contribution >= 0.6 is 23.2 Å². The summed E-state index contributed by atoms with van der Waals surface area (Å²) in [5.41, 5.74) is 2.07. The number of halogens is 2. The summed E-state index contributed by atoms with van der Waals surface area (Å²) in [7, 11) is 1.47. The van der Waals surface area contributed by atoms with E-state index in [0.717, 1.165) is 42.6 Å². The van der Waals surface area contributed by atoms with Crippen LogP contribution < -0.4 is 0 Å². The Balaban J connectivity index is 1.48. The van der Waals surface area contributed by atoms with Gasteiger partial charge in [-0.15, -0.1) is 0 Å². The molecule has 3 aromatic rings. The molecular formula is C34H38Cl2N2O3. The first-order valence-corrected chi connectivity index (χ1v) is 15.3. The summed E-state index contributed by atoms with van der Waals surface area (Å²) in [6, 6.07) is 25.1. The highest BCUT2D eigenvalue weighted by molar-refractivity contribution is 6.42. The molecule has 0 spiro atoms. The summed E-state index contributed by atoms with van der Waals surface area (Å²) in [6.45, 7) is 3.19. The van der Waals surface area contributed by atoms with Crippen molar-refractivity contribution >= 4 is 35.0 Å². The molecule has 5 rings (SSSR count). The van der Waals surface area contributed by atoms with Crippen molar-refractivity contribution in [2.45, 2.75) is 56.0 Å². The SMILES string of the molecule is COC(=O)C1(c2ccccc2)CCN(C(CC(C(=O)c2ccccc2)N2CCCCC2)c2ccc(Cl)c(Cl)c2)CC1. The lowest BCUT2D eigenvalue weighted by molar-refractivity contribution is -0.150. The maximum atomic E-state index is 14.1. The molecule has 2 fully saturated rings. The molecule has 2 aliphatic heterocycles. The number of piperidine rings is 2. The van der Waals surface area contributed by atoms with E-state index in [1.807, 2.05) is 78.9 Å². The summed E-state index contributed by atoms with van der Waals surface area (Å²) < 4.78 is 5.34. The lowest BCUT2D eigenvalue weighted by Crippen LogP contribution is -2.51. The van der Waals surface area contributed by atoms with Crippen LogP contribution in [0.5, 0.6) is 0 Å². The van der Waals surface area contributed by atoms with Gasteiger partial charge < -0.3 is 4.74 Å². The standard InChI is InChI=1S/C34H38Cl2N2O3/c1-41-33(40)34(27-13-7-3-8-14-27)17-21-38(22-18-34)30(26-15-16-28(35)29(36)23-26)24-31(37-19-9-4-10-20-37)32(39)25-11-5-2-6-12-25/h2-3,5-8,11-16,23,30-31H,4,9-10,17-22,24H2,1H3. The van der Waals surface area contributed by atoms with Crippen molar-refractivity contribution in [1.29, 1.82) is 0 Å². The minimum Gasteiger partial charge on any atom is -0.468 e. The van der Waals surface area contributed by atoms with Gasteiger partial charge in [0, 0.05) is 24.7 Å². The Morgan fingerprint density at radius 1 is 0.805 bits per heavy atom. The molecule has 0 radical (unpaired) electrons. The number of benzene rings is 3. The molecule has 5 nitrogen and oxygen atoms in total. The van der Waals surface area contributed by atoms with E-state index in [-0.39, 0.29) is 23.8 Å². The van der Waals surface area contributed by atoms with Crippen LogP contribution in [0, 0.1) is 0 Å². The largest absolute Gasteiger partial charge is 0.468 e. The zero-order valence-corrected chi connectivity index (χ0v) is 25.1. The Kier molecular flexibility index (Phi) is 9.82. The summed E-state index contributed by atoms with van der Waals surface area (Å²) in [6.07, 6.45) is 5.27. The van der Waals surface area contributed by atoms with Gasteiger partial charge in [0.25, 0.3) is 0 Å². The van der Waals surface area contributed by atoms with Crippen LogP contribution in [0.1, 0.15) is 66.1 Å². The lowest BCUT2D eigenvalue weighted by atomic mass is 9.72. The van der Waals surface area contributed by atoms with Gasteiger partial charge in [-0.1, -0.05) is 96.4 Å². The number of ketones is 1. The molecular weight excluding hydrogens is 555 g/mol. The van der Waals surface area contributed by atoms with Gasteiger partial charge in [-0.25, -0.2) is 0 Å². The van der Waals surface area contributed by atoms with Crippen LogP contribution in [-0.4, -0.2) is 60.9 Å². The minimum absolute atomic E-state index is 0.0734. The van der Waals surface area contributed by atoms with Gasteiger partial charge in [0.15, 0.2) is 5.78 Å². The number of ether oxygens (including phenoxy) is 1. The van der Waals surface area contributed by atoms with Gasteiger partial charge in [0.1, 0.15) is 0 Å². The van der Waals surface area contributed by atoms with E-state index < -0.39 is 5.41 Å². The smallest absolute Gasteiger partial charge is 0.316 e. The highest BCUT2D eigenvalue weighted by Gasteiger charge is 2.45. The minimum atomic E-state index is -0.694. The van der Waals surface area contributed by atoms with Crippen LogP contribution in [0.2, 0.25) is 10.0 Å². The molecule has 0 saturated carbocycles. The Hall–Kier alpha value is -2.70. The zero-order valence-electron chi connectivity index (χ0n) is 23.6. The Labute approximate surface area is 253 Å². The molecule has 216 valence electrons. The van der Waals surface area contributed by atoms with E-state index >= 15 is 0 Å². The van der Waals surface area contributed by atoms with Crippen LogP contribution in [0.4, 0.5) is 0 Å². The van der Waals surface area contributed by atoms with Crippen molar-refractivity contribution in [3.05, 3.63) is 106 Å². The highest BCUT2D eigenvalue weighted by atomic mass is 35.5. The summed E-state index contributed by atoms with van der Waals surface area (Å²) in [4.78, 5) is 32.1. The highest BCUT2D eigenvalue weighted by Crippen LogP contribution is 2.41. The maximum Gasteiger partial charge on any atom is 0.316 e. The molecule has 41 heavy (non-hydrogen) atoms. The number of carbonyl (C=O) groups excluding carboxylic acids is 2. The second-order valence-electron chi connectivity index (χ2n) is 11.2. The molecule has 0 amide bonds. The van der Waals surface area contributed by atoms with Gasteiger partial charge in [-0.2, -0.15) is 0 Å². The number of rotatable bonds is 9. The molecule has 2 heterocycles. The zero-order chi connectivity index (χ0) is 28.8. The van der Waals surface area contributed by atoms with Gasteiger partial charge in [0.05, 0.1) is 28.6 Å². The molecule has 3 aromatic carbocycles. The first kappa shape index (κ1) is 29.8. The topological polar surface area (TPSA) is 49.9 Å². The van der Waals surface area contributed by atoms with Crippen LogP contribution in [0.3, 0.4) is 0 Å². The molecule has 0 N–H and O–H groups in total. The third-order valence-electron chi connectivity index (χ3n) is 8.96. The van der Waals surface area contributed by atoms with E-state index in [1.165, 1.54) is 13.5 Å². The summed E-state index contributed by atoms with van der Waals surface area (Å²) in [5.74, 6) is -0.0392. The first-order valence-electron chi connectivity index (χ1n) is 14.6. The van der Waals surface area contributed by atoms with Crippen LogP contribution in [0.25, 0.3) is 0 Å². The van der Waals surface area contributed by atoms with Crippen molar-refractivity contribution in [2.75, 3.05) is 33.3 Å². The predicted octanol–water partition coefficient (Wildman–Crippen LogP) is 7.37. The summed E-state index contributed by atoms with van der Waals surface area (Å²) >= 11 is 12.9. The van der Waals surface area contributed by atoms with E-state index in [4.69, 9.17) is 27.9 Å². The number of nitrogens with zero attached hydrogens (tertiary/aromatic N) is 2. The van der Waals surface area contributed by atoms with E-state index in [9.17, 15) is 9.59 Å². The molecule has 2 saturated heterocycles. The van der Waals surface area contributed by atoms with Crippen molar-refractivity contribution in [3.63, 3.8) is 0 Å². The van der Waals surface area contributed by atoms with Crippen molar-refractivity contribution in [2.24, 2.45) is 0 Å². The Morgan fingerprint density at radius 2 is 1.44 bits per heavy atom. The van der Waals surface area contributed by atoms with Crippen molar-refractivity contribution in [1.82, 2.24) is 9.80 Å². The maximum absolute atomic E-state index is 14.1. The molecule has 0 aliphatic carbocycles. The first-order chi connectivity index (χ1) is 19.9. The molecule has 2 atom stereocenters. The number of Topliss-reactive ketones (excluding diaryl/α,β-unsaturated/α-hetero) is 1. The lowest BCUT2D eigenvalue weighted by Gasteiger charge is -2.45. The average Bonchev–Trinajstić information content (AvgIpc) is 3.04. The van der Waals surface area contributed by atoms with Gasteiger partial charge >= 0.3 is 5.97 Å². The molecule has 7 heteroatoms. The Bertz CT molecular complexity index is 1320. The fraction of sp³-hybridized carbons (Fsp3) is 0.412. The van der Waals surface area contributed by atoms with Gasteiger partial charge in [-0.3, -0.25) is 19.4 Å². The number of carbonyl (C=O) groups is 2. The molecule has 2 unspecified atom stereocenters. The monoisotopic (exact) mass is 592 g/mol. The normalized spacial score (nSPS) is 19.3. The Morgan fingerprint density at radius 3 is 2.05 bits per heavy atom. The fourth-order valence-electron chi connectivity index (χ4n) is 6.65. The third-order valence-corrected chi connectivity index (χ3v) is 9.70. The second-order valence-corrected chi connectivity index (χ2v) is 12.1. The fourth-order valence-corrected chi connectivity index (χ4v) is 6.96. The second kappa shape index (κ2) is 13.5. The number of likely N-dealkylation sites (tertiary alicyclic amines) is 2. The average molecular weight is 594 g/mol. The van der Waals surface area contributed by atoms with Crippen LogP contribution in [0.15, 0.2) is 78.9 Å². The van der Waals surface area contributed by atoms with E-state index in [0.29, 0.717) is 42.4 Å². The van der Waals surface area contributed by atoms with Crippen molar-refractivity contribution < 1.29 is 14.3 Å². The third kappa shape index (κ3) is 6.54. The molecule has 0 aromatic heterocycles. The van der Waals surface area contributed by atoms with E-state index in [2.05, 4.69) is 9.80 Å². The predicted molar refractivity (Wildman–Crippen MR) is 165 cm³/mol. The van der Waals surface area contributed by atoms with Crippen LogP contribution in [-0.2, 0) is 14.9 Å². The van der Waals surface area contributed by atoms with Crippen molar-refractivity contribution in [3.8, 4) is 0 Å². The number of hydrogen-bond acceptors (Lipinski definition) is 5. The van der Waals surface area contributed by atoms with Gasteiger partial charge in [0.2, 0.25) is 0 Å². The summed E-state index contributed by atoms with van der Waals surface area (Å²) in [5, 5.41) is 1.01. The van der Waals surface area contributed by atoms with E-state index in [1.54, 1.807) is 0 Å².